The molecule has 0 spiro atoms. The van der Waals surface area contributed by atoms with Crippen molar-refractivity contribution in [2.75, 3.05) is 19.7 Å². The number of carbonyl (C=O) groups excluding carboxylic acids is 1. The third-order valence-electron chi connectivity index (χ3n) is 3.08. The Morgan fingerprint density at radius 2 is 1.86 bits per heavy atom. The zero-order valence-electron chi connectivity index (χ0n) is 10.8. The number of likely N-dealkylation sites (tertiary alicyclic amines) is 1. The van der Waals surface area contributed by atoms with Gasteiger partial charge in [0.1, 0.15) is 4.90 Å². The predicted molar refractivity (Wildman–Crippen MR) is 70.7 cm³/mol. The van der Waals surface area contributed by atoms with Gasteiger partial charge >= 0.3 is 0 Å². The van der Waals surface area contributed by atoms with E-state index in [9.17, 15) is 22.0 Å². The first-order valence-corrected chi connectivity index (χ1v) is 8.45. The number of rotatable bonds is 4. The summed E-state index contributed by atoms with van der Waals surface area (Å²) in [5, 5.41) is 0. The van der Waals surface area contributed by atoms with Crippen LogP contribution in [0.2, 0.25) is 0 Å². The SMILES string of the molecule is O=C(COc1ccc(S(=O)(=O)Cl)c(F)c1F)N1CCCC1. The normalized spacial score (nSPS) is 15.3. The van der Waals surface area contributed by atoms with Crippen LogP contribution in [-0.4, -0.2) is 38.9 Å². The molecule has 0 N–H and O–H groups in total. The first kappa shape index (κ1) is 16.0. The molecule has 1 aliphatic rings. The fourth-order valence-electron chi connectivity index (χ4n) is 2.01. The molecule has 9 heteroatoms. The van der Waals surface area contributed by atoms with E-state index in [-0.39, 0.29) is 5.91 Å². The van der Waals surface area contributed by atoms with Crippen LogP contribution >= 0.6 is 10.7 Å². The smallest absolute Gasteiger partial charge is 0.264 e. The maximum atomic E-state index is 13.7. The molecule has 1 aliphatic heterocycles. The van der Waals surface area contributed by atoms with Gasteiger partial charge in [-0.2, -0.15) is 4.39 Å². The van der Waals surface area contributed by atoms with Crippen molar-refractivity contribution in [1.82, 2.24) is 4.90 Å². The largest absolute Gasteiger partial charge is 0.481 e. The van der Waals surface area contributed by atoms with Crippen LogP contribution in [0.1, 0.15) is 12.8 Å². The molecule has 0 unspecified atom stereocenters. The minimum atomic E-state index is -4.39. The van der Waals surface area contributed by atoms with Crippen molar-refractivity contribution in [1.29, 1.82) is 0 Å². The molecular formula is C12H12ClF2NO4S. The van der Waals surface area contributed by atoms with Crippen LogP contribution in [0, 0.1) is 11.6 Å². The predicted octanol–water partition coefficient (Wildman–Crippen LogP) is 1.89. The molecule has 0 radical (unpaired) electrons. The molecule has 0 saturated carbocycles. The quantitative estimate of drug-likeness (QED) is 0.786. The van der Waals surface area contributed by atoms with Gasteiger partial charge in [0.2, 0.25) is 5.82 Å². The van der Waals surface area contributed by atoms with Crippen molar-refractivity contribution in [3.63, 3.8) is 0 Å². The van der Waals surface area contributed by atoms with Crippen molar-refractivity contribution in [2.24, 2.45) is 0 Å². The molecule has 116 valence electrons. The van der Waals surface area contributed by atoms with Crippen LogP contribution in [-0.2, 0) is 13.8 Å². The average Bonchev–Trinajstić information content (AvgIpc) is 2.92. The third-order valence-corrected chi connectivity index (χ3v) is 4.42. The maximum absolute atomic E-state index is 13.7. The summed E-state index contributed by atoms with van der Waals surface area (Å²) in [6.45, 7) is 0.786. The lowest BCUT2D eigenvalue weighted by molar-refractivity contribution is -0.132. The van der Waals surface area contributed by atoms with Gasteiger partial charge in [0.15, 0.2) is 18.2 Å². The van der Waals surface area contributed by atoms with Crippen molar-refractivity contribution in [3.05, 3.63) is 23.8 Å². The Kier molecular flexibility index (Phi) is 4.67. The summed E-state index contributed by atoms with van der Waals surface area (Å²) in [7, 11) is 0.575. The molecule has 1 aromatic rings. The summed E-state index contributed by atoms with van der Waals surface area (Å²) in [5.41, 5.74) is 0. The number of carbonyl (C=O) groups is 1. The number of halogens is 3. The Labute approximate surface area is 124 Å². The Balaban J connectivity index is 2.11. The minimum absolute atomic E-state index is 0.332. The highest BCUT2D eigenvalue weighted by Crippen LogP contribution is 2.27. The molecule has 1 fully saturated rings. The van der Waals surface area contributed by atoms with Crippen molar-refractivity contribution >= 4 is 25.6 Å². The highest BCUT2D eigenvalue weighted by molar-refractivity contribution is 8.13. The van der Waals surface area contributed by atoms with Gasteiger partial charge in [-0.05, 0) is 25.0 Å². The highest BCUT2D eigenvalue weighted by atomic mass is 35.7. The summed E-state index contributed by atoms with van der Waals surface area (Å²) in [4.78, 5) is 12.3. The monoisotopic (exact) mass is 339 g/mol. The van der Waals surface area contributed by atoms with E-state index < -0.39 is 37.9 Å². The number of hydrogen-bond acceptors (Lipinski definition) is 4. The number of nitrogens with zero attached hydrogens (tertiary/aromatic N) is 1. The molecule has 0 aliphatic carbocycles. The average molecular weight is 340 g/mol. The first-order valence-electron chi connectivity index (χ1n) is 6.14. The van der Waals surface area contributed by atoms with E-state index in [1.165, 1.54) is 0 Å². The second kappa shape index (κ2) is 6.15. The first-order chi connectivity index (χ1) is 9.80. The number of benzene rings is 1. The van der Waals surface area contributed by atoms with E-state index in [0.717, 1.165) is 25.0 Å². The van der Waals surface area contributed by atoms with Crippen LogP contribution in [0.5, 0.6) is 5.75 Å². The summed E-state index contributed by atoms with van der Waals surface area (Å²) >= 11 is 0. The van der Waals surface area contributed by atoms with Crippen molar-refractivity contribution in [2.45, 2.75) is 17.7 Å². The van der Waals surface area contributed by atoms with Gasteiger partial charge in [-0.25, -0.2) is 12.8 Å². The fourth-order valence-corrected chi connectivity index (χ4v) is 2.90. The van der Waals surface area contributed by atoms with Gasteiger partial charge in [0.25, 0.3) is 15.0 Å². The fraction of sp³-hybridized carbons (Fsp3) is 0.417. The second-order valence-electron chi connectivity index (χ2n) is 4.50. The van der Waals surface area contributed by atoms with Crippen LogP contribution in [0.3, 0.4) is 0 Å². The molecule has 1 heterocycles. The summed E-state index contributed by atoms with van der Waals surface area (Å²) < 4.78 is 54.2. The number of ether oxygens (including phenoxy) is 1. The Morgan fingerprint density at radius 3 is 2.43 bits per heavy atom. The number of hydrogen-bond donors (Lipinski definition) is 0. The van der Waals surface area contributed by atoms with E-state index in [1.807, 2.05) is 0 Å². The van der Waals surface area contributed by atoms with E-state index in [4.69, 9.17) is 15.4 Å². The standard InChI is InChI=1S/C12H12ClF2NO4S/c13-21(18,19)9-4-3-8(11(14)12(9)15)20-7-10(17)16-5-1-2-6-16/h3-4H,1-2,5-7H2. The van der Waals surface area contributed by atoms with Gasteiger partial charge in [-0.1, -0.05) is 0 Å². The third kappa shape index (κ3) is 3.62. The van der Waals surface area contributed by atoms with Crippen molar-refractivity contribution < 1.29 is 26.7 Å². The van der Waals surface area contributed by atoms with E-state index >= 15 is 0 Å². The molecule has 1 amide bonds. The summed E-state index contributed by atoms with van der Waals surface area (Å²) in [5.74, 6) is -3.99. The molecule has 1 saturated heterocycles. The molecule has 2 rings (SSSR count). The van der Waals surface area contributed by atoms with E-state index in [1.54, 1.807) is 4.90 Å². The molecule has 21 heavy (non-hydrogen) atoms. The molecule has 0 aromatic heterocycles. The van der Waals surface area contributed by atoms with Crippen LogP contribution in [0.4, 0.5) is 8.78 Å². The zero-order valence-corrected chi connectivity index (χ0v) is 12.4. The topological polar surface area (TPSA) is 63.7 Å². The zero-order chi connectivity index (χ0) is 15.6. The van der Waals surface area contributed by atoms with E-state index in [0.29, 0.717) is 13.1 Å². The van der Waals surface area contributed by atoms with Gasteiger partial charge in [-0.15, -0.1) is 0 Å². The van der Waals surface area contributed by atoms with Crippen molar-refractivity contribution in [3.8, 4) is 5.75 Å². The lowest BCUT2D eigenvalue weighted by Crippen LogP contribution is -2.32. The molecule has 0 atom stereocenters. The van der Waals surface area contributed by atoms with Gasteiger partial charge in [0, 0.05) is 23.8 Å². The molecule has 0 bridgehead atoms. The molecule has 1 aromatic carbocycles. The van der Waals surface area contributed by atoms with Gasteiger partial charge in [0.05, 0.1) is 0 Å². The maximum Gasteiger partial charge on any atom is 0.264 e. The second-order valence-corrected chi connectivity index (χ2v) is 7.04. The summed E-state index contributed by atoms with van der Waals surface area (Å²) in [6.07, 6.45) is 1.80. The van der Waals surface area contributed by atoms with Crippen LogP contribution in [0.15, 0.2) is 17.0 Å². The number of amides is 1. The lowest BCUT2D eigenvalue weighted by Gasteiger charge is -2.16. The lowest BCUT2D eigenvalue weighted by atomic mass is 10.3. The van der Waals surface area contributed by atoms with Crippen LogP contribution in [0.25, 0.3) is 0 Å². The van der Waals surface area contributed by atoms with Crippen LogP contribution < -0.4 is 4.74 Å². The summed E-state index contributed by atoms with van der Waals surface area (Å²) in [6, 6.07) is 1.71. The Morgan fingerprint density at radius 1 is 1.24 bits per heavy atom. The highest BCUT2D eigenvalue weighted by Gasteiger charge is 2.24. The Hall–Kier alpha value is -1.41. The van der Waals surface area contributed by atoms with E-state index in [2.05, 4.69) is 0 Å². The minimum Gasteiger partial charge on any atom is -0.481 e. The Bertz CT molecular complexity index is 659. The van der Waals surface area contributed by atoms with Gasteiger partial charge in [-0.3, -0.25) is 4.79 Å². The van der Waals surface area contributed by atoms with Gasteiger partial charge < -0.3 is 9.64 Å². The molecular weight excluding hydrogens is 328 g/mol. The molecule has 5 nitrogen and oxygen atoms in total.